The molecular formula is C63H97N4O11PS. The average molecular weight is 1150 g/mol. The van der Waals surface area contributed by atoms with Gasteiger partial charge in [-0.25, -0.2) is 9.14 Å². The molecule has 0 bridgehead atoms. The summed E-state index contributed by atoms with van der Waals surface area (Å²) < 4.78 is 43.2. The molecule has 1 aliphatic heterocycles. The van der Waals surface area contributed by atoms with Crippen molar-refractivity contribution < 1.29 is 51.9 Å². The number of rotatable bonds is 43. The van der Waals surface area contributed by atoms with Crippen LogP contribution in [0.1, 0.15) is 210 Å². The number of fused-ring (bicyclic) bond motifs is 2. The van der Waals surface area contributed by atoms with Gasteiger partial charge in [-0.05, 0) is 61.0 Å². The topological polar surface area (TPSA) is 192 Å². The van der Waals surface area contributed by atoms with E-state index in [1.165, 1.54) is 128 Å². The van der Waals surface area contributed by atoms with Gasteiger partial charge in [0.1, 0.15) is 32.0 Å². The molecule has 2 atom stereocenters. The normalized spacial score (nSPS) is 12.5. The van der Waals surface area contributed by atoms with Crippen LogP contribution in [0.3, 0.4) is 0 Å². The van der Waals surface area contributed by atoms with Crippen molar-refractivity contribution >= 4 is 65.4 Å². The Balaban J connectivity index is 1.28. The van der Waals surface area contributed by atoms with Crippen molar-refractivity contribution in [2.45, 2.75) is 206 Å². The highest BCUT2D eigenvalue weighted by molar-refractivity contribution is 7.80. The number of thiocarbonyl (C=S) groups is 1. The number of carbonyl (C=O) groups is 3. The van der Waals surface area contributed by atoms with Crippen LogP contribution in [0.4, 0.5) is 11.4 Å². The van der Waals surface area contributed by atoms with E-state index in [2.05, 4.69) is 24.5 Å². The van der Waals surface area contributed by atoms with Crippen molar-refractivity contribution in [2.24, 2.45) is 0 Å². The van der Waals surface area contributed by atoms with E-state index in [-0.39, 0.29) is 43.3 Å². The predicted octanol–water partition coefficient (Wildman–Crippen LogP) is 13.9. The highest BCUT2D eigenvalue weighted by atomic mass is 32.1. The van der Waals surface area contributed by atoms with E-state index < -0.39 is 38.4 Å². The summed E-state index contributed by atoms with van der Waals surface area (Å²) in [5.74, 6) is -1.72. The van der Waals surface area contributed by atoms with Crippen molar-refractivity contribution in [1.82, 2.24) is 9.89 Å². The third-order valence-corrected chi connectivity index (χ3v) is 15.7. The fourth-order valence-corrected chi connectivity index (χ4v) is 10.8. The van der Waals surface area contributed by atoms with Gasteiger partial charge in [0.05, 0.1) is 25.2 Å². The number of carboxylic acids is 1. The molecule has 0 saturated heterocycles. The van der Waals surface area contributed by atoms with Gasteiger partial charge >= 0.3 is 19.8 Å². The lowest BCUT2D eigenvalue weighted by Gasteiger charge is -2.21. The first kappa shape index (κ1) is 67.6. The van der Waals surface area contributed by atoms with Gasteiger partial charge in [-0.1, -0.05) is 180 Å². The molecular weight excluding hydrogens is 1050 g/mol. The summed E-state index contributed by atoms with van der Waals surface area (Å²) in [5.41, 5.74) is 3.60. The molecule has 0 fully saturated rings. The van der Waals surface area contributed by atoms with Crippen molar-refractivity contribution in [3.05, 3.63) is 65.5 Å². The van der Waals surface area contributed by atoms with Gasteiger partial charge in [0, 0.05) is 79.1 Å². The molecule has 446 valence electrons. The number of phosphoric ester groups is 1. The zero-order valence-electron chi connectivity index (χ0n) is 49.4. The molecule has 0 saturated carbocycles. The van der Waals surface area contributed by atoms with Gasteiger partial charge in [-0.15, -0.1) is 0 Å². The van der Waals surface area contributed by atoms with Gasteiger partial charge in [-0.3, -0.25) is 18.6 Å². The number of aromatic carboxylic acids is 1. The molecule has 80 heavy (non-hydrogen) atoms. The molecule has 2 aromatic rings. The second kappa shape index (κ2) is 38.8. The number of anilines is 2. The molecule has 0 aromatic heterocycles. The van der Waals surface area contributed by atoms with Gasteiger partial charge in [-0.2, -0.15) is 0 Å². The van der Waals surface area contributed by atoms with Crippen LogP contribution in [-0.2, 0) is 32.7 Å². The van der Waals surface area contributed by atoms with Crippen LogP contribution in [0, 0.1) is 0 Å². The molecule has 1 unspecified atom stereocenters. The lowest BCUT2D eigenvalue weighted by molar-refractivity contribution is -0.255. The number of unbranched alkanes of at least 4 members (excludes halogenated alkanes) is 25. The molecule has 17 heteroatoms. The number of hydrogen-bond acceptors (Lipinski definition) is 12. The van der Waals surface area contributed by atoms with Gasteiger partial charge < -0.3 is 44.2 Å². The van der Waals surface area contributed by atoms with E-state index in [1.54, 1.807) is 12.1 Å². The van der Waals surface area contributed by atoms with E-state index >= 15 is 0 Å². The Morgan fingerprint density at radius 2 is 1.21 bits per heavy atom. The summed E-state index contributed by atoms with van der Waals surface area (Å²) in [5, 5.41) is 20.4. The van der Waals surface area contributed by atoms with Crippen LogP contribution in [0.15, 0.2) is 59.0 Å². The third kappa shape index (κ3) is 26.4. The molecule has 15 nitrogen and oxygen atoms in total. The standard InChI is InChI=1S/C63H97N4O11PS/c1-7-9-11-13-15-17-19-21-23-25-27-29-31-33-35-60(69)77-52(47-74-59(68)34-32-30-28-26-24-22-20-18-16-14-12-10-8-2)48-76-79(72,73)75-43-42-64-63(80)65-49-36-39-53(62(70)71)56(44-49)61-54-40-37-50(66(3)4)45-57(54)78-58-46-51(67(5)6)38-41-55(58)61/h36-41,44-46,52H,7-35,42-43,47-48H2,1-6H3,(H3-,64,65,70,71,72,73,80)/t52-/m1/s1. The second-order valence-corrected chi connectivity index (χ2v) is 23.6. The molecule has 2 aliphatic rings. The summed E-state index contributed by atoms with van der Waals surface area (Å²) in [6, 6.07) is 16.2. The van der Waals surface area contributed by atoms with Crippen LogP contribution in [0.25, 0.3) is 33.4 Å². The first-order valence-corrected chi connectivity index (χ1v) is 32.1. The number of phosphoric acid groups is 1. The van der Waals surface area contributed by atoms with Crippen LogP contribution < -0.4 is 30.6 Å². The Labute approximate surface area is 483 Å². The van der Waals surface area contributed by atoms with Crippen molar-refractivity contribution in [3.8, 4) is 22.5 Å². The van der Waals surface area contributed by atoms with Gasteiger partial charge in [0.25, 0.3) is 0 Å². The number of carboxylic acid groups (broad SMARTS) is 1. The first-order valence-electron chi connectivity index (χ1n) is 30.2. The summed E-state index contributed by atoms with van der Waals surface area (Å²) in [7, 11) is 3.03. The first-order chi connectivity index (χ1) is 38.6. The fourth-order valence-electron chi connectivity index (χ4n) is 9.81. The predicted molar refractivity (Wildman–Crippen MR) is 326 cm³/mol. The molecule has 0 spiro atoms. The summed E-state index contributed by atoms with van der Waals surface area (Å²) in [4.78, 5) is 51.1. The van der Waals surface area contributed by atoms with Crippen molar-refractivity contribution in [3.63, 3.8) is 0 Å². The fraction of sp³-hybridized carbons (Fsp3) is 0.635. The third-order valence-electron chi connectivity index (χ3n) is 14.5. The maximum absolute atomic E-state index is 13.1. The number of hydrogen-bond donors (Lipinski definition) is 3. The number of carbonyl (C=O) groups excluding carboxylic acids is 3. The Bertz CT molecular complexity index is 2570. The number of esters is 2. The van der Waals surface area contributed by atoms with Crippen molar-refractivity contribution in [2.75, 3.05) is 64.8 Å². The van der Waals surface area contributed by atoms with E-state index in [1.807, 2.05) is 74.1 Å². The van der Waals surface area contributed by atoms with Crippen molar-refractivity contribution in [1.29, 1.82) is 0 Å². The minimum Gasteiger partial charge on any atom is -0.545 e. The minimum atomic E-state index is -4.68. The number of benzene rings is 3. The maximum atomic E-state index is 13.1. The molecule has 4 rings (SSSR count). The summed E-state index contributed by atoms with van der Waals surface area (Å²) in [6.45, 7) is 3.30. The lowest BCUT2D eigenvalue weighted by Crippen LogP contribution is -2.31. The Kier molecular flexibility index (Phi) is 32.8. The minimum absolute atomic E-state index is 0.0178. The Morgan fingerprint density at radius 1 is 0.675 bits per heavy atom. The second-order valence-electron chi connectivity index (χ2n) is 21.8. The number of ether oxygens (including phenoxy) is 2. The molecule has 3 N–H and O–H groups in total. The SMILES string of the molecule is CCCCCCCCCCCCCCCCC(=O)O[C@H](COC(=O)CCCCCCCCCCCCCCC)COP(=O)(O)OCCNC(=S)Nc1ccc(C(=O)[O-])c(-c2c3ccc(=[N+](C)C)cc-3oc3cc(N(C)C)ccc23)c1. The molecule has 0 radical (unpaired) electrons. The Hall–Kier alpha value is -4.86. The average Bonchev–Trinajstić information content (AvgIpc) is 3.63. The number of nitrogens with one attached hydrogen (secondary N) is 2. The Morgan fingerprint density at radius 3 is 1.74 bits per heavy atom. The highest BCUT2D eigenvalue weighted by Crippen LogP contribution is 2.44. The van der Waals surface area contributed by atoms with Crippen LogP contribution >= 0.6 is 20.0 Å². The molecule has 1 aliphatic carbocycles. The van der Waals surface area contributed by atoms with E-state index in [0.717, 1.165) is 49.6 Å². The maximum Gasteiger partial charge on any atom is 0.472 e. The highest BCUT2D eigenvalue weighted by Gasteiger charge is 2.27. The van der Waals surface area contributed by atoms with Crippen LogP contribution in [-0.4, -0.2) is 88.6 Å². The molecule has 2 aromatic carbocycles. The van der Waals surface area contributed by atoms with E-state index in [0.29, 0.717) is 51.9 Å². The van der Waals surface area contributed by atoms with Gasteiger partial charge in [0.2, 0.25) is 5.36 Å². The van der Waals surface area contributed by atoms with E-state index in [4.69, 9.17) is 35.2 Å². The molecule has 1 heterocycles. The van der Waals surface area contributed by atoms with Crippen LogP contribution in [0.5, 0.6) is 0 Å². The van der Waals surface area contributed by atoms with Gasteiger partial charge in [0.15, 0.2) is 11.2 Å². The van der Waals surface area contributed by atoms with E-state index in [9.17, 15) is 28.9 Å². The zero-order valence-corrected chi connectivity index (χ0v) is 51.1. The summed E-state index contributed by atoms with van der Waals surface area (Å²) in [6.07, 6.45) is 31.4. The summed E-state index contributed by atoms with van der Waals surface area (Å²) >= 11 is 5.57. The molecule has 0 amide bonds. The van der Waals surface area contributed by atoms with Crippen LogP contribution in [0.2, 0.25) is 0 Å². The largest absolute Gasteiger partial charge is 0.545 e. The zero-order chi connectivity index (χ0) is 58.0. The number of nitrogens with zero attached hydrogens (tertiary/aromatic N) is 2. The lowest BCUT2D eigenvalue weighted by atomic mass is 9.90. The smallest absolute Gasteiger partial charge is 0.472 e. The monoisotopic (exact) mass is 1150 g/mol. The quantitative estimate of drug-likeness (QED) is 0.00946.